The number of rotatable bonds is 5. The first-order chi connectivity index (χ1) is 9.31. The molecule has 1 aromatic rings. The summed E-state index contributed by atoms with van der Waals surface area (Å²) in [4.78, 5) is 11.4. The van der Waals surface area contributed by atoms with Crippen molar-refractivity contribution >= 4 is 6.03 Å². The van der Waals surface area contributed by atoms with Gasteiger partial charge in [-0.15, -0.1) is 0 Å². The van der Waals surface area contributed by atoms with Crippen LogP contribution in [0, 0.1) is 0 Å². The molecule has 19 heavy (non-hydrogen) atoms. The Morgan fingerprint density at radius 2 is 2.11 bits per heavy atom. The molecule has 2 aliphatic rings. The van der Waals surface area contributed by atoms with Crippen LogP contribution in [0.5, 0.6) is 5.75 Å². The molecule has 2 amide bonds. The molecule has 0 aromatic heterocycles. The van der Waals surface area contributed by atoms with E-state index in [1.54, 1.807) is 0 Å². The lowest BCUT2D eigenvalue weighted by Gasteiger charge is -2.09. The van der Waals surface area contributed by atoms with Crippen molar-refractivity contribution in [2.75, 3.05) is 13.2 Å². The molecule has 0 aliphatic heterocycles. The monoisotopic (exact) mass is 260 g/mol. The normalized spacial score (nSPS) is 16.8. The van der Waals surface area contributed by atoms with E-state index in [1.165, 1.54) is 24.0 Å². The maximum absolute atomic E-state index is 11.4. The molecule has 102 valence electrons. The van der Waals surface area contributed by atoms with Gasteiger partial charge in [-0.2, -0.15) is 0 Å². The number of hydrogen-bond donors (Lipinski definition) is 2. The quantitative estimate of drug-likeness (QED) is 0.796. The number of carbonyl (C=O) groups excluding carboxylic acids is 1. The fourth-order valence-corrected chi connectivity index (χ4v) is 2.44. The Morgan fingerprint density at radius 1 is 1.26 bits per heavy atom. The number of benzene rings is 1. The molecule has 1 saturated carbocycles. The van der Waals surface area contributed by atoms with Crippen LogP contribution in [-0.2, 0) is 12.8 Å². The maximum Gasteiger partial charge on any atom is 0.315 e. The summed E-state index contributed by atoms with van der Waals surface area (Å²) in [5.41, 5.74) is 2.87. The van der Waals surface area contributed by atoms with E-state index in [-0.39, 0.29) is 6.03 Å². The highest BCUT2D eigenvalue weighted by Crippen LogP contribution is 2.25. The molecule has 0 saturated heterocycles. The van der Waals surface area contributed by atoms with Crippen molar-refractivity contribution in [3.8, 4) is 5.75 Å². The van der Waals surface area contributed by atoms with E-state index in [0.717, 1.165) is 25.0 Å². The number of fused-ring (bicyclic) bond motifs is 1. The maximum atomic E-state index is 11.4. The fraction of sp³-hybridized carbons (Fsp3) is 0.533. The molecule has 1 fully saturated rings. The van der Waals surface area contributed by atoms with Gasteiger partial charge in [-0.3, -0.25) is 0 Å². The Kier molecular flexibility index (Phi) is 3.58. The van der Waals surface area contributed by atoms with Crippen molar-refractivity contribution in [3.63, 3.8) is 0 Å². The van der Waals surface area contributed by atoms with E-state index < -0.39 is 0 Å². The van der Waals surface area contributed by atoms with Crippen LogP contribution >= 0.6 is 0 Å². The zero-order valence-electron chi connectivity index (χ0n) is 11.1. The highest BCUT2D eigenvalue weighted by atomic mass is 16.5. The van der Waals surface area contributed by atoms with E-state index in [2.05, 4.69) is 22.8 Å². The summed E-state index contributed by atoms with van der Waals surface area (Å²) in [6.07, 6.45) is 5.83. The molecule has 2 aliphatic carbocycles. The van der Waals surface area contributed by atoms with Crippen LogP contribution in [0.15, 0.2) is 18.2 Å². The predicted molar refractivity (Wildman–Crippen MR) is 73.5 cm³/mol. The van der Waals surface area contributed by atoms with Crippen LogP contribution in [0.1, 0.15) is 30.4 Å². The summed E-state index contributed by atoms with van der Waals surface area (Å²) < 4.78 is 5.66. The van der Waals surface area contributed by atoms with Gasteiger partial charge in [-0.1, -0.05) is 6.07 Å². The summed E-state index contributed by atoms with van der Waals surface area (Å²) in [5, 5.41) is 5.68. The van der Waals surface area contributed by atoms with E-state index in [0.29, 0.717) is 19.2 Å². The molecular weight excluding hydrogens is 240 g/mol. The Bertz CT molecular complexity index is 469. The topological polar surface area (TPSA) is 50.4 Å². The first-order valence-electron chi connectivity index (χ1n) is 7.10. The first kappa shape index (κ1) is 12.3. The smallest absolute Gasteiger partial charge is 0.315 e. The average Bonchev–Trinajstić information content (AvgIpc) is 3.09. The van der Waals surface area contributed by atoms with E-state index in [4.69, 9.17) is 4.74 Å². The van der Waals surface area contributed by atoms with Gasteiger partial charge in [0.15, 0.2) is 0 Å². The minimum absolute atomic E-state index is 0.0833. The molecule has 1 aromatic carbocycles. The number of ether oxygens (including phenoxy) is 1. The van der Waals surface area contributed by atoms with Crippen molar-refractivity contribution < 1.29 is 9.53 Å². The summed E-state index contributed by atoms with van der Waals surface area (Å²) in [6.45, 7) is 1.05. The number of carbonyl (C=O) groups is 1. The van der Waals surface area contributed by atoms with Gasteiger partial charge in [0.25, 0.3) is 0 Å². The lowest BCUT2D eigenvalue weighted by atomic mass is 10.1. The van der Waals surface area contributed by atoms with Crippen LogP contribution in [0.2, 0.25) is 0 Å². The van der Waals surface area contributed by atoms with Gasteiger partial charge in [-0.05, 0) is 55.4 Å². The van der Waals surface area contributed by atoms with E-state index in [9.17, 15) is 4.79 Å². The number of hydrogen-bond acceptors (Lipinski definition) is 2. The van der Waals surface area contributed by atoms with Crippen molar-refractivity contribution in [1.82, 2.24) is 10.6 Å². The van der Waals surface area contributed by atoms with Gasteiger partial charge in [0.1, 0.15) is 12.4 Å². The summed E-state index contributed by atoms with van der Waals surface area (Å²) >= 11 is 0. The summed E-state index contributed by atoms with van der Waals surface area (Å²) in [5.74, 6) is 0.907. The van der Waals surface area contributed by atoms with Crippen LogP contribution in [0.25, 0.3) is 0 Å². The lowest BCUT2D eigenvalue weighted by molar-refractivity contribution is 0.236. The van der Waals surface area contributed by atoms with Gasteiger partial charge in [0, 0.05) is 6.04 Å². The molecule has 0 heterocycles. The molecule has 0 radical (unpaired) electrons. The highest BCUT2D eigenvalue weighted by molar-refractivity contribution is 5.74. The van der Waals surface area contributed by atoms with Crippen molar-refractivity contribution in [2.24, 2.45) is 0 Å². The highest BCUT2D eigenvalue weighted by Gasteiger charge is 2.22. The molecule has 4 heteroatoms. The van der Waals surface area contributed by atoms with Gasteiger partial charge >= 0.3 is 6.03 Å². The molecule has 0 atom stereocenters. The number of amides is 2. The zero-order valence-corrected chi connectivity index (χ0v) is 11.1. The zero-order chi connectivity index (χ0) is 13.1. The number of nitrogens with one attached hydrogen (secondary N) is 2. The fourth-order valence-electron chi connectivity index (χ4n) is 2.44. The third-order valence-electron chi connectivity index (χ3n) is 3.64. The Morgan fingerprint density at radius 3 is 2.95 bits per heavy atom. The minimum atomic E-state index is -0.0833. The van der Waals surface area contributed by atoms with Crippen LogP contribution < -0.4 is 15.4 Å². The van der Waals surface area contributed by atoms with Gasteiger partial charge in [-0.25, -0.2) is 4.79 Å². The van der Waals surface area contributed by atoms with Crippen LogP contribution in [-0.4, -0.2) is 25.2 Å². The Balaban J connectivity index is 1.38. The third kappa shape index (κ3) is 3.40. The number of aryl methyl sites for hydroxylation is 2. The van der Waals surface area contributed by atoms with E-state index in [1.807, 2.05) is 6.07 Å². The second kappa shape index (κ2) is 5.51. The molecule has 0 bridgehead atoms. The molecule has 4 nitrogen and oxygen atoms in total. The molecule has 0 spiro atoms. The second-order valence-electron chi connectivity index (χ2n) is 5.31. The van der Waals surface area contributed by atoms with Crippen molar-refractivity contribution in [2.45, 2.75) is 38.1 Å². The van der Waals surface area contributed by atoms with E-state index >= 15 is 0 Å². The van der Waals surface area contributed by atoms with Crippen LogP contribution in [0.3, 0.4) is 0 Å². The standard InChI is InChI=1S/C15H20N2O2/c18-15(17-13-5-6-13)16-8-9-19-14-7-4-11-2-1-3-12(11)10-14/h4,7,10,13H,1-3,5-6,8-9H2,(H2,16,17,18). The molecule has 2 N–H and O–H groups in total. The lowest BCUT2D eigenvalue weighted by Crippen LogP contribution is -2.38. The molecular formula is C15H20N2O2. The summed E-state index contributed by atoms with van der Waals surface area (Å²) in [6, 6.07) is 6.63. The summed E-state index contributed by atoms with van der Waals surface area (Å²) in [7, 11) is 0. The third-order valence-corrected chi connectivity index (χ3v) is 3.64. The second-order valence-corrected chi connectivity index (χ2v) is 5.31. The Hall–Kier alpha value is -1.71. The largest absolute Gasteiger partial charge is 0.492 e. The van der Waals surface area contributed by atoms with Gasteiger partial charge < -0.3 is 15.4 Å². The number of urea groups is 1. The van der Waals surface area contributed by atoms with Gasteiger partial charge in [0.05, 0.1) is 6.54 Å². The van der Waals surface area contributed by atoms with Crippen molar-refractivity contribution in [3.05, 3.63) is 29.3 Å². The SMILES string of the molecule is O=C(NCCOc1ccc2c(c1)CCC2)NC1CC1. The average molecular weight is 260 g/mol. The molecule has 0 unspecified atom stereocenters. The van der Waals surface area contributed by atoms with Crippen LogP contribution in [0.4, 0.5) is 4.79 Å². The predicted octanol–water partition coefficient (Wildman–Crippen LogP) is 2.02. The molecule has 3 rings (SSSR count). The Labute approximate surface area is 113 Å². The van der Waals surface area contributed by atoms with Gasteiger partial charge in [0.2, 0.25) is 0 Å². The minimum Gasteiger partial charge on any atom is -0.492 e. The van der Waals surface area contributed by atoms with Crippen molar-refractivity contribution in [1.29, 1.82) is 0 Å². The first-order valence-corrected chi connectivity index (χ1v) is 7.10.